The van der Waals surface area contributed by atoms with Crippen LogP contribution in [0.3, 0.4) is 0 Å². The Morgan fingerprint density at radius 3 is 2.88 bits per heavy atom. The van der Waals surface area contributed by atoms with E-state index in [4.69, 9.17) is 10.3 Å². The van der Waals surface area contributed by atoms with Crippen molar-refractivity contribution in [3.8, 4) is 0 Å². The van der Waals surface area contributed by atoms with Crippen molar-refractivity contribution in [1.82, 2.24) is 5.16 Å². The predicted octanol–water partition coefficient (Wildman–Crippen LogP) is 2.75. The number of rotatable bonds is 1. The van der Waals surface area contributed by atoms with Crippen LogP contribution in [-0.2, 0) is 11.8 Å². The molecule has 1 aromatic carbocycles. The summed E-state index contributed by atoms with van der Waals surface area (Å²) in [7, 11) is 0. The molecule has 2 N–H and O–H groups in total. The van der Waals surface area contributed by atoms with Gasteiger partial charge in [-0.1, -0.05) is 36.3 Å². The van der Waals surface area contributed by atoms with Crippen LogP contribution in [0, 0.1) is 5.92 Å². The molecule has 0 fully saturated rings. The van der Waals surface area contributed by atoms with Crippen molar-refractivity contribution < 1.29 is 4.52 Å². The normalized spacial score (nSPS) is 27.1. The second kappa shape index (κ2) is 3.36. The van der Waals surface area contributed by atoms with E-state index >= 15 is 0 Å². The Balaban J connectivity index is 2.23. The van der Waals surface area contributed by atoms with Gasteiger partial charge in [-0.25, -0.2) is 0 Å². The Bertz CT molecular complexity index is 561. The van der Waals surface area contributed by atoms with Gasteiger partial charge in [0.05, 0.1) is 5.69 Å². The molecule has 0 spiro atoms. The van der Waals surface area contributed by atoms with Crippen molar-refractivity contribution in [1.29, 1.82) is 0 Å². The number of benzene rings is 1. The Labute approximate surface area is 101 Å². The molecule has 2 unspecified atom stereocenters. The number of nitrogens with zero attached hydrogens (tertiary/aromatic N) is 1. The average molecular weight is 228 g/mol. The molecule has 3 heteroatoms. The van der Waals surface area contributed by atoms with E-state index in [2.05, 4.69) is 43.3 Å². The van der Waals surface area contributed by atoms with E-state index in [0.29, 0.717) is 11.6 Å². The maximum absolute atomic E-state index is 5.97. The lowest BCUT2D eigenvalue weighted by Crippen LogP contribution is -2.29. The Morgan fingerprint density at radius 2 is 2.18 bits per heavy atom. The van der Waals surface area contributed by atoms with E-state index in [1.165, 1.54) is 17.4 Å². The molecule has 0 aliphatic heterocycles. The van der Waals surface area contributed by atoms with E-state index in [-0.39, 0.29) is 5.41 Å². The van der Waals surface area contributed by atoms with Gasteiger partial charge < -0.3 is 10.3 Å². The van der Waals surface area contributed by atoms with Gasteiger partial charge in [0.25, 0.3) is 0 Å². The molecule has 88 valence electrons. The smallest absolute Gasteiger partial charge is 0.147 e. The zero-order valence-corrected chi connectivity index (χ0v) is 10.1. The van der Waals surface area contributed by atoms with Gasteiger partial charge in [0.1, 0.15) is 12.0 Å². The second-order valence-corrected chi connectivity index (χ2v) is 5.08. The minimum atomic E-state index is -0.131. The highest BCUT2D eigenvalue weighted by Gasteiger charge is 2.44. The molecule has 1 aliphatic rings. The molecule has 1 aromatic heterocycles. The molecular weight excluding hydrogens is 212 g/mol. The summed E-state index contributed by atoms with van der Waals surface area (Å²) in [6.45, 7) is 4.45. The second-order valence-electron chi connectivity index (χ2n) is 5.08. The highest BCUT2D eigenvalue weighted by molar-refractivity contribution is 5.54. The van der Waals surface area contributed by atoms with Crippen LogP contribution in [0.1, 0.15) is 30.7 Å². The standard InChI is InChI=1S/C14H16N2O/c1-9-7-10-5-3-4-6-11(10)14(9,2)13-12(15)8-17-16-13/h3-6,8-9H,7,15H2,1-2H3. The van der Waals surface area contributed by atoms with E-state index in [1.807, 2.05) is 0 Å². The largest absolute Gasteiger partial charge is 0.395 e. The number of aromatic nitrogens is 1. The first-order valence-electron chi connectivity index (χ1n) is 5.92. The minimum absolute atomic E-state index is 0.131. The molecule has 2 atom stereocenters. The van der Waals surface area contributed by atoms with Gasteiger partial charge in [0, 0.05) is 5.41 Å². The minimum Gasteiger partial charge on any atom is -0.395 e. The first kappa shape index (κ1) is 10.4. The summed E-state index contributed by atoms with van der Waals surface area (Å²) in [4.78, 5) is 0. The van der Waals surface area contributed by atoms with Crippen LogP contribution < -0.4 is 5.73 Å². The Morgan fingerprint density at radius 1 is 1.41 bits per heavy atom. The van der Waals surface area contributed by atoms with E-state index in [9.17, 15) is 0 Å². The molecule has 1 aliphatic carbocycles. The molecule has 17 heavy (non-hydrogen) atoms. The quantitative estimate of drug-likeness (QED) is 0.816. The van der Waals surface area contributed by atoms with E-state index in [1.54, 1.807) is 0 Å². The maximum atomic E-state index is 5.97. The highest BCUT2D eigenvalue weighted by Crippen LogP contribution is 2.48. The van der Waals surface area contributed by atoms with Gasteiger partial charge in [-0.3, -0.25) is 0 Å². The molecule has 3 nitrogen and oxygen atoms in total. The lowest BCUT2D eigenvalue weighted by Gasteiger charge is -2.28. The zero-order chi connectivity index (χ0) is 12.0. The molecule has 1 heterocycles. The highest BCUT2D eigenvalue weighted by atomic mass is 16.5. The SMILES string of the molecule is CC1Cc2ccccc2C1(C)c1nocc1N. The lowest BCUT2D eigenvalue weighted by molar-refractivity contribution is 0.354. The Hall–Kier alpha value is -1.77. The fourth-order valence-corrected chi connectivity index (χ4v) is 3.00. The van der Waals surface area contributed by atoms with Crippen LogP contribution in [0.15, 0.2) is 35.1 Å². The first-order valence-corrected chi connectivity index (χ1v) is 5.92. The predicted molar refractivity (Wildman–Crippen MR) is 66.7 cm³/mol. The van der Waals surface area contributed by atoms with E-state index in [0.717, 1.165) is 12.1 Å². The third kappa shape index (κ3) is 1.25. The average Bonchev–Trinajstić information content (AvgIpc) is 2.84. The number of hydrogen-bond donors (Lipinski definition) is 1. The summed E-state index contributed by atoms with van der Waals surface area (Å²) in [6, 6.07) is 8.52. The fraction of sp³-hybridized carbons (Fsp3) is 0.357. The van der Waals surface area contributed by atoms with Crippen LogP contribution in [0.25, 0.3) is 0 Å². The van der Waals surface area contributed by atoms with Crippen molar-refractivity contribution in [2.24, 2.45) is 5.92 Å². The third-order valence-electron chi connectivity index (χ3n) is 4.18. The zero-order valence-electron chi connectivity index (χ0n) is 10.1. The molecule has 3 rings (SSSR count). The fourth-order valence-electron chi connectivity index (χ4n) is 3.00. The Kier molecular flexibility index (Phi) is 2.05. The van der Waals surface area contributed by atoms with Crippen molar-refractivity contribution in [3.05, 3.63) is 47.3 Å². The molecule has 0 radical (unpaired) electrons. The molecule has 0 amide bonds. The van der Waals surface area contributed by atoms with Gasteiger partial charge in [0.15, 0.2) is 0 Å². The van der Waals surface area contributed by atoms with Crippen LogP contribution in [-0.4, -0.2) is 5.16 Å². The van der Waals surface area contributed by atoms with Crippen LogP contribution in [0.5, 0.6) is 0 Å². The van der Waals surface area contributed by atoms with Crippen molar-refractivity contribution in [2.75, 3.05) is 5.73 Å². The number of nitrogen functional groups attached to an aromatic ring is 1. The molecule has 0 bridgehead atoms. The summed E-state index contributed by atoms with van der Waals surface area (Å²) in [6.07, 6.45) is 2.59. The van der Waals surface area contributed by atoms with Crippen LogP contribution in [0.4, 0.5) is 5.69 Å². The third-order valence-corrected chi connectivity index (χ3v) is 4.18. The van der Waals surface area contributed by atoms with Crippen molar-refractivity contribution >= 4 is 5.69 Å². The number of fused-ring (bicyclic) bond motifs is 1. The van der Waals surface area contributed by atoms with Gasteiger partial charge in [-0.2, -0.15) is 0 Å². The first-order chi connectivity index (χ1) is 8.14. The number of hydrogen-bond acceptors (Lipinski definition) is 3. The monoisotopic (exact) mass is 228 g/mol. The van der Waals surface area contributed by atoms with E-state index < -0.39 is 0 Å². The maximum Gasteiger partial charge on any atom is 0.147 e. The number of nitrogens with two attached hydrogens (primary N) is 1. The molecule has 0 saturated heterocycles. The molecule has 2 aromatic rings. The summed E-state index contributed by atoms with van der Waals surface area (Å²) in [5.74, 6) is 0.479. The van der Waals surface area contributed by atoms with Gasteiger partial charge in [0.2, 0.25) is 0 Å². The molecule has 0 saturated carbocycles. The van der Waals surface area contributed by atoms with Crippen molar-refractivity contribution in [3.63, 3.8) is 0 Å². The van der Waals surface area contributed by atoms with Crippen LogP contribution >= 0.6 is 0 Å². The summed E-state index contributed by atoms with van der Waals surface area (Å²) in [5.41, 5.74) is 10.1. The summed E-state index contributed by atoms with van der Waals surface area (Å²) in [5, 5.41) is 4.12. The van der Waals surface area contributed by atoms with Gasteiger partial charge in [-0.05, 0) is 30.4 Å². The van der Waals surface area contributed by atoms with Gasteiger partial charge in [-0.15, -0.1) is 0 Å². The topological polar surface area (TPSA) is 52.0 Å². The van der Waals surface area contributed by atoms with Gasteiger partial charge >= 0.3 is 0 Å². The lowest BCUT2D eigenvalue weighted by atomic mass is 9.74. The van der Waals surface area contributed by atoms with Crippen LogP contribution in [0.2, 0.25) is 0 Å². The molecular formula is C14H16N2O. The van der Waals surface area contributed by atoms with Crippen molar-refractivity contribution in [2.45, 2.75) is 25.7 Å². The summed E-state index contributed by atoms with van der Waals surface area (Å²) >= 11 is 0. The summed E-state index contributed by atoms with van der Waals surface area (Å²) < 4.78 is 5.01. The number of anilines is 1.